The zero-order chi connectivity index (χ0) is 23.7. The van der Waals surface area contributed by atoms with Gasteiger partial charge in [0.25, 0.3) is 15.9 Å². The van der Waals surface area contributed by atoms with Crippen LogP contribution in [0.5, 0.6) is 0 Å². The number of aromatic nitrogens is 3. The van der Waals surface area contributed by atoms with Gasteiger partial charge in [0.05, 0.1) is 16.1 Å². The third-order valence-electron chi connectivity index (χ3n) is 5.49. The smallest absolute Gasteiger partial charge is 0.338 e. The number of benzene rings is 2. The Balaban J connectivity index is 1.32. The van der Waals surface area contributed by atoms with Crippen molar-refractivity contribution in [3.63, 3.8) is 0 Å². The first kappa shape index (κ1) is 21.8. The third kappa shape index (κ3) is 4.03. The second-order valence-electron chi connectivity index (χ2n) is 7.84. The summed E-state index contributed by atoms with van der Waals surface area (Å²) >= 11 is 0. The van der Waals surface area contributed by atoms with Crippen LogP contribution in [0, 0.1) is 0 Å². The molecule has 0 bridgehead atoms. The molecular weight excluding hydrogens is 456 g/mol. The van der Waals surface area contributed by atoms with E-state index in [0.717, 1.165) is 5.56 Å². The van der Waals surface area contributed by atoms with Gasteiger partial charge in [0.1, 0.15) is 0 Å². The number of esters is 1. The number of carbonyl (C=O) groups excluding carboxylic acids is 1. The summed E-state index contributed by atoms with van der Waals surface area (Å²) in [4.78, 5) is 20.8. The van der Waals surface area contributed by atoms with E-state index in [0.29, 0.717) is 23.5 Å². The van der Waals surface area contributed by atoms with Crippen molar-refractivity contribution in [1.82, 2.24) is 15.1 Å². The third-order valence-corrected chi connectivity index (χ3v) is 7.41. The van der Waals surface area contributed by atoms with Crippen LogP contribution < -0.4 is 4.31 Å². The Bertz CT molecular complexity index is 1450. The Hall–Kier alpha value is -4.05. The molecule has 0 N–H and O–H groups in total. The second kappa shape index (κ2) is 8.71. The molecule has 10 heteroatoms. The van der Waals surface area contributed by atoms with E-state index in [1.165, 1.54) is 28.6 Å². The number of pyridine rings is 1. The van der Waals surface area contributed by atoms with E-state index in [-0.39, 0.29) is 29.0 Å². The molecule has 0 saturated carbocycles. The van der Waals surface area contributed by atoms with Crippen LogP contribution in [0.25, 0.3) is 11.4 Å². The van der Waals surface area contributed by atoms with Crippen molar-refractivity contribution in [1.29, 1.82) is 0 Å². The molecule has 0 radical (unpaired) electrons. The summed E-state index contributed by atoms with van der Waals surface area (Å²) in [7, 11) is -3.87. The summed E-state index contributed by atoms with van der Waals surface area (Å²) in [6.45, 7) is 1.61. The highest BCUT2D eigenvalue weighted by atomic mass is 32.2. The van der Waals surface area contributed by atoms with Gasteiger partial charge in [-0.25, -0.2) is 13.2 Å². The lowest BCUT2D eigenvalue weighted by Gasteiger charge is -2.24. The van der Waals surface area contributed by atoms with Gasteiger partial charge in [-0.3, -0.25) is 9.29 Å². The van der Waals surface area contributed by atoms with Crippen molar-refractivity contribution >= 4 is 21.7 Å². The fourth-order valence-corrected chi connectivity index (χ4v) is 5.68. The van der Waals surface area contributed by atoms with E-state index in [2.05, 4.69) is 15.1 Å². The Morgan fingerprint density at radius 3 is 2.82 bits per heavy atom. The summed E-state index contributed by atoms with van der Waals surface area (Å²) in [5.41, 5.74) is 2.40. The maximum Gasteiger partial charge on any atom is 0.338 e. The van der Waals surface area contributed by atoms with Crippen LogP contribution in [-0.4, -0.2) is 35.6 Å². The van der Waals surface area contributed by atoms with Crippen LogP contribution in [0.1, 0.15) is 28.7 Å². The number of hydrogen-bond donors (Lipinski definition) is 0. The van der Waals surface area contributed by atoms with Crippen molar-refractivity contribution in [2.45, 2.75) is 30.9 Å². The minimum absolute atomic E-state index is 0.0159. The number of fused-ring (bicyclic) bond motifs is 1. The molecule has 9 nitrogen and oxygen atoms in total. The van der Waals surface area contributed by atoms with E-state index in [9.17, 15) is 13.2 Å². The fourth-order valence-electron chi connectivity index (χ4n) is 3.94. The fraction of sp³-hybridized carbons (Fsp3) is 0.167. The normalized spacial score (nSPS) is 15.2. The Kier molecular flexibility index (Phi) is 5.58. The van der Waals surface area contributed by atoms with Gasteiger partial charge in [0.15, 0.2) is 6.61 Å². The monoisotopic (exact) mass is 476 g/mol. The minimum atomic E-state index is -3.87. The van der Waals surface area contributed by atoms with Gasteiger partial charge in [-0.2, -0.15) is 4.98 Å². The van der Waals surface area contributed by atoms with Gasteiger partial charge in [-0.15, -0.1) is 0 Å². The minimum Gasteiger partial charge on any atom is -0.452 e. The molecule has 5 rings (SSSR count). The van der Waals surface area contributed by atoms with Crippen LogP contribution in [-0.2, 0) is 27.8 Å². The number of sulfonamides is 1. The van der Waals surface area contributed by atoms with Gasteiger partial charge in [-0.1, -0.05) is 29.4 Å². The molecule has 0 saturated heterocycles. The van der Waals surface area contributed by atoms with Crippen molar-refractivity contribution < 1.29 is 22.5 Å². The Labute approximate surface area is 196 Å². The highest BCUT2D eigenvalue weighted by molar-refractivity contribution is 7.92. The van der Waals surface area contributed by atoms with E-state index >= 15 is 0 Å². The molecule has 1 atom stereocenters. The number of rotatable bonds is 6. The van der Waals surface area contributed by atoms with Gasteiger partial charge in [0, 0.05) is 24.0 Å². The first-order valence-electron chi connectivity index (χ1n) is 10.6. The first-order chi connectivity index (χ1) is 16.4. The molecule has 172 valence electrons. The summed E-state index contributed by atoms with van der Waals surface area (Å²) < 4.78 is 38.7. The van der Waals surface area contributed by atoms with Gasteiger partial charge >= 0.3 is 5.97 Å². The number of para-hydroxylation sites is 1. The van der Waals surface area contributed by atoms with E-state index < -0.39 is 16.0 Å². The molecule has 1 aliphatic heterocycles. The maximum absolute atomic E-state index is 13.4. The van der Waals surface area contributed by atoms with Crippen LogP contribution in [0.4, 0.5) is 5.69 Å². The van der Waals surface area contributed by atoms with E-state index in [1.54, 1.807) is 30.6 Å². The second-order valence-corrected chi connectivity index (χ2v) is 9.66. The molecule has 0 fully saturated rings. The lowest BCUT2D eigenvalue weighted by molar-refractivity contribution is 0.0429. The maximum atomic E-state index is 13.4. The molecule has 4 aromatic rings. The molecule has 0 amide bonds. The zero-order valence-electron chi connectivity index (χ0n) is 18.2. The summed E-state index contributed by atoms with van der Waals surface area (Å²) in [6, 6.07) is 16.5. The van der Waals surface area contributed by atoms with Crippen molar-refractivity contribution in [3.8, 4) is 11.4 Å². The molecule has 0 aliphatic carbocycles. The average Bonchev–Trinajstić information content (AvgIpc) is 3.47. The van der Waals surface area contributed by atoms with Crippen LogP contribution in [0.3, 0.4) is 0 Å². The van der Waals surface area contributed by atoms with E-state index in [4.69, 9.17) is 9.26 Å². The van der Waals surface area contributed by atoms with Crippen LogP contribution >= 0.6 is 0 Å². The standard InChI is InChI=1S/C24H20N4O5S/c1-16-12-17-6-2-3-10-21(17)28(16)34(30,31)20-9-4-7-18(13-20)24(29)32-15-22-26-23(27-33-22)19-8-5-11-25-14-19/h2-11,13-14,16H,12,15H2,1H3. The largest absolute Gasteiger partial charge is 0.452 e. The van der Waals surface area contributed by atoms with Gasteiger partial charge < -0.3 is 9.26 Å². The molecule has 3 heterocycles. The predicted octanol–water partition coefficient (Wildman–Crippen LogP) is 3.63. The molecule has 1 unspecified atom stereocenters. The number of hydrogen-bond acceptors (Lipinski definition) is 8. The molecule has 2 aromatic carbocycles. The van der Waals surface area contributed by atoms with E-state index in [1.807, 2.05) is 25.1 Å². The Morgan fingerprint density at radius 1 is 1.15 bits per heavy atom. The molecule has 1 aliphatic rings. The highest BCUT2D eigenvalue weighted by Gasteiger charge is 2.36. The van der Waals surface area contributed by atoms with Crippen LogP contribution in [0.15, 0.2) is 82.5 Å². The highest BCUT2D eigenvalue weighted by Crippen LogP contribution is 2.36. The number of nitrogens with zero attached hydrogens (tertiary/aromatic N) is 4. The summed E-state index contributed by atoms with van der Waals surface area (Å²) in [6.07, 6.45) is 3.85. The average molecular weight is 477 g/mol. The summed E-state index contributed by atoms with van der Waals surface area (Å²) in [5, 5.41) is 3.85. The number of ether oxygens (including phenoxy) is 1. The van der Waals surface area contributed by atoms with Crippen LogP contribution in [0.2, 0.25) is 0 Å². The van der Waals surface area contributed by atoms with Crippen molar-refractivity contribution in [2.75, 3.05) is 4.31 Å². The molecular formula is C24H20N4O5S. The SMILES string of the molecule is CC1Cc2ccccc2N1S(=O)(=O)c1cccc(C(=O)OCc2nc(-c3cccnc3)no2)c1. The van der Waals surface area contributed by atoms with Gasteiger partial charge in [0.2, 0.25) is 5.82 Å². The first-order valence-corrected chi connectivity index (χ1v) is 12.0. The molecule has 2 aromatic heterocycles. The topological polar surface area (TPSA) is 115 Å². The predicted molar refractivity (Wildman–Crippen MR) is 122 cm³/mol. The summed E-state index contributed by atoms with van der Waals surface area (Å²) in [5.74, 6) is -0.265. The van der Waals surface area contributed by atoms with Crippen molar-refractivity contribution in [3.05, 3.63) is 90.1 Å². The molecule has 0 spiro atoms. The molecule has 34 heavy (non-hydrogen) atoms. The number of anilines is 1. The van der Waals surface area contributed by atoms with Gasteiger partial charge in [-0.05, 0) is 55.3 Å². The lowest BCUT2D eigenvalue weighted by atomic mass is 10.1. The van der Waals surface area contributed by atoms with Crippen molar-refractivity contribution in [2.24, 2.45) is 0 Å². The lowest BCUT2D eigenvalue weighted by Crippen LogP contribution is -2.35. The zero-order valence-corrected chi connectivity index (χ0v) is 19.0. The number of carbonyl (C=O) groups is 1. The quantitative estimate of drug-likeness (QED) is 0.388. The Morgan fingerprint density at radius 2 is 2.00 bits per heavy atom.